The van der Waals surface area contributed by atoms with Crippen LogP contribution in [0.25, 0.3) is 11.4 Å². The van der Waals surface area contributed by atoms with Gasteiger partial charge >= 0.3 is 0 Å². The van der Waals surface area contributed by atoms with Crippen LogP contribution in [0.1, 0.15) is 18.2 Å². The number of thioether (sulfide) groups is 1. The van der Waals surface area contributed by atoms with Crippen LogP contribution >= 0.6 is 46.3 Å². The van der Waals surface area contributed by atoms with Crippen molar-refractivity contribution >= 4 is 57.9 Å². The summed E-state index contributed by atoms with van der Waals surface area (Å²) in [7, 11) is 0. The predicted octanol–water partition coefficient (Wildman–Crippen LogP) is 5.76. The fourth-order valence-corrected chi connectivity index (χ4v) is 4.46. The molecule has 1 aromatic carbocycles. The summed E-state index contributed by atoms with van der Waals surface area (Å²) in [5.74, 6) is 0.818. The van der Waals surface area contributed by atoms with Crippen LogP contribution in [-0.4, -0.2) is 26.4 Å². The summed E-state index contributed by atoms with van der Waals surface area (Å²) in [4.78, 5) is 13.6. The van der Waals surface area contributed by atoms with Crippen molar-refractivity contribution in [3.63, 3.8) is 0 Å². The molecule has 3 aromatic rings. The van der Waals surface area contributed by atoms with E-state index in [2.05, 4.69) is 45.4 Å². The summed E-state index contributed by atoms with van der Waals surface area (Å²) >= 11 is 15.2. The molecule has 1 N–H and O–H groups in total. The second-order valence-electron chi connectivity index (χ2n) is 5.84. The maximum atomic E-state index is 12.3. The number of hydrogen-bond acceptors (Lipinski definition) is 5. The number of rotatable bonds is 7. The van der Waals surface area contributed by atoms with Gasteiger partial charge in [-0.25, -0.2) is 0 Å². The molecule has 0 saturated heterocycles. The summed E-state index contributed by atoms with van der Waals surface area (Å²) in [6.45, 7) is 4.95. The Hall–Kier alpha value is -1.54. The van der Waals surface area contributed by atoms with Crippen molar-refractivity contribution in [1.82, 2.24) is 14.8 Å². The normalized spacial score (nSPS) is 11.0. The number of amides is 1. The van der Waals surface area contributed by atoms with Gasteiger partial charge in [-0.05, 0) is 31.5 Å². The van der Waals surface area contributed by atoms with Gasteiger partial charge in [0.2, 0.25) is 5.91 Å². The molecular formula is C18H18Cl2N4OS2. The SMILES string of the molecule is CCCn1c(SCC(=O)Nc2c(Cl)cccc2Cl)nnc1-c1csc(C)c1. The number of halogens is 2. The molecule has 9 heteroatoms. The third-order valence-electron chi connectivity index (χ3n) is 3.71. The van der Waals surface area contributed by atoms with Gasteiger partial charge in [0.25, 0.3) is 0 Å². The summed E-state index contributed by atoms with van der Waals surface area (Å²) in [5.41, 5.74) is 1.48. The van der Waals surface area contributed by atoms with E-state index in [0.717, 1.165) is 29.5 Å². The zero-order valence-corrected chi connectivity index (χ0v) is 18.0. The number of aryl methyl sites for hydroxylation is 1. The first kappa shape index (κ1) is 20.2. The molecule has 0 radical (unpaired) electrons. The first-order chi connectivity index (χ1) is 13.0. The minimum Gasteiger partial charge on any atom is -0.323 e. The molecule has 2 aromatic heterocycles. The average Bonchev–Trinajstić information content (AvgIpc) is 3.23. The number of anilines is 1. The van der Waals surface area contributed by atoms with Crippen molar-refractivity contribution in [3.05, 3.63) is 44.6 Å². The van der Waals surface area contributed by atoms with Crippen molar-refractivity contribution < 1.29 is 4.79 Å². The Morgan fingerprint density at radius 1 is 1.30 bits per heavy atom. The van der Waals surface area contributed by atoms with E-state index in [0.29, 0.717) is 15.7 Å². The summed E-state index contributed by atoms with van der Waals surface area (Å²) in [6.07, 6.45) is 0.948. The Bertz CT molecular complexity index is 934. The van der Waals surface area contributed by atoms with Crippen LogP contribution in [0.2, 0.25) is 10.0 Å². The van der Waals surface area contributed by atoms with E-state index in [4.69, 9.17) is 23.2 Å². The highest BCUT2D eigenvalue weighted by atomic mass is 35.5. The monoisotopic (exact) mass is 440 g/mol. The number of nitrogens with zero attached hydrogens (tertiary/aromatic N) is 3. The third kappa shape index (κ3) is 4.85. The first-order valence-electron chi connectivity index (χ1n) is 8.35. The van der Waals surface area contributed by atoms with E-state index in [1.54, 1.807) is 29.5 Å². The average molecular weight is 441 g/mol. The molecule has 0 aliphatic rings. The van der Waals surface area contributed by atoms with E-state index >= 15 is 0 Å². The number of aromatic nitrogens is 3. The fraction of sp³-hybridized carbons (Fsp3) is 0.278. The second kappa shape index (κ2) is 9.10. The van der Waals surface area contributed by atoms with E-state index in [-0.39, 0.29) is 11.7 Å². The number of carbonyl (C=O) groups excluding carboxylic acids is 1. The van der Waals surface area contributed by atoms with Crippen molar-refractivity contribution in [2.24, 2.45) is 0 Å². The van der Waals surface area contributed by atoms with Crippen LogP contribution in [0.4, 0.5) is 5.69 Å². The van der Waals surface area contributed by atoms with Gasteiger partial charge < -0.3 is 9.88 Å². The summed E-state index contributed by atoms with van der Waals surface area (Å²) in [5, 5.41) is 15.0. The molecule has 0 saturated carbocycles. The van der Waals surface area contributed by atoms with Gasteiger partial charge in [-0.2, -0.15) is 0 Å². The number of benzene rings is 1. The van der Waals surface area contributed by atoms with Gasteiger partial charge in [0.1, 0.15) is 0 Å². The summed E-state index contributed by atoms with van der Waals surface area (Å²) < 4.78 is 2.06. The second-order valence-corrected chi connectivity index (χ2v) is 8.71. The molecule has 0 fully saturated rings. The van der Waals surface area contributed by atoms with E-state index in [1.807, 2.05) is 0 Å². The number of para-hydroxylation sites is 1. The van der Waals surface area contributed by atoms with E-state index < -0.39 is 0 Å². The lowest BCUT2D eigenvalue weighted by atomic mass is 10.3. The lowest BCUT2D eigenvalue weighted by Gasteiger charge is -2.10. The largest absolute Gasteiger partial charge is 0.323 e. The van der Waals surface area contributed by atoms with Gasteiger partial charge in [0.05, 0.1) is 21.5 Å². The molecule has 3 rings (SSSR count). The quantitative estimate of drug-likeness (QED) is 0.474. The third-order valence-corrected chi connectivity index (χ3v) is 6.17. The predicted molar refractivity (Wildman–Crippen MR) is 114 cm³/mol. The molecule has 0 bridgehead atoms. The zero-order chi connectivity index (χ0) is 19.4. The smallest absolute Gasteiger partial charge is 0.234 e. The molecule has 1 amide bonds. The molecule has 142 valence electrons. The molecule has 0 atom stereocenters. The van der Waals surface area contributed by atoms with Crippen molar-refractivity contribution in [2.75, 3.05) is 11.1 Å². The van der Waals surface area contributed by atoms with Gasteiger partial charge in [0, 0.05) is 22.4 Å². The number of nitrogens with one attached hydrogen (secondary N) is 1. The Labute approximate surface area is 176 Å². The van der Waals surface area contributed by atoms with Gasteiger partial charge in [0.15, 0.2) is 11.0 Å². The lowest BCUT2D eigenvalue weighted by molar-refractivity contribution is -0.113. The van der Waals surface area contributed by atoms with Crippen LogP contribution in [0, 0.1) is 6.92 Å². The molecule has 0 spiro atoms. The van der Waals surface area contributed by atoms with Gasteiger partial charge in [-0.3, -0.25) is 4.79 Å². The van der Waals surface area contributed by atoms with E-state index in [1.165, 1.54) is 16.6 Å². The van der Waals surface area contributed by atoms with Crippen molar-refractivity contribution in [1.29, 1.82) is 0 Å². The van der Waals surface area contributed by atoms with Crippen LogP contribution in [-0.2, 0) is 11.3 Å². The summed E-state index contributed by atoms with van der Waals surface area (Å²) in [6, 6.07) is 7.20. The number of hydrogen-bond donors (Lipinski definition) is 1. The van der Waals surface area contributed by atoms with Crippen LogP contribution in [0.15, 0.2) is 34.8 Å². The number of carbonyl (C=O) groups is 1. The minimum atomic E-state index is -0.200. The Morgan fingerprint density at radius 2 is 2.04 bits per heavy atom. The Morgan fingerprint density at radius 3 is 2.67 bits per heavy atom. The molecular weight excluding hydrogens is 423 g/mol. The van der Waals surface area contributed by atoms with Crippen LogP contribution in [0.5, 0.6) is 0 Å². The highest BCUT2D eigenvalue weighted by Gasteiger charge is 2.17. The number of thiophene rings is 1. The minimum absolute atomic E-state index is 0.187. The van der Waals surface area contributed by atoms with Gasteiger partial charge in [-0.15, -0.1) is 21.5 Å². The van der Waals surface area contributed by atoms with Gasteiger partial charge in [-0.1, -0.05) is 48.0 Å². The Balaban J connectivity index is 1.72. The molecule has 5 nitrogen and oxygen atoms in total. The molecule has 0 aliphatic carbocycles. The highest BCUT2D eigenvalue weighted by molar-refractivity contribution is 7.99. The highest BCUT2D eigenvalue weighted by Crippen LogP contribution is 2.31. The Kier molecular flexibility index (Phi) is 6.81. The van der Waals surface area contributed by atoms with Crippen molar-refractivity contribution in [2.45, 2.75) is 32.0 Å². The standard InChI is InChI=1S/C18H18Cl2N4OS2/c1-3-7-24-17(12-8-11(2)26-9-12)22-23-18(24)27-10-15(25)21-16-13(19)5-4-6-14(16)20/h4-6,8-9H,3,7,10H2,1-2H3,(H,21,25). The van der Waals surface area contributed by atoms with Crippen LogP contribution in [0.3, 0.4) is 0 Å². The zero-order valence-electron chi connectivity index (χ0n) is 14.8. The molecule has 2 heterocycles. The first-order valence-corrected chi connectivity index (χ1v) is 11.0. The molecule has 0 aliphatic heterocycles. The van der Waals surface area contributed by atoms with Crippen molar-refractivity contribution in [3.8, 4) is 11.4 Å². The fourth-order valence-electron chi connectivity index (χ4n) is 2.52. The lowest BCUT2D eigenvalue weighted by Crippen LogP contribution is -2.15. The van der Waals surface area contributed by atoms with E-state index in [9.17, 15) is 4.79 Å². The topological polar surface area (TPSA) is 59.8 Å². The maximum Gasteiger partial charge on any atom is 0.234 e. The molecule has 27 heavy (non-hydrogen) atoms. The molecule has 0 unspecified atom stereocenters. The van der Waals surface area contributed by atoms with Crippen LogP contribution < -0.4 is 5.32 Å². The maximum absolute atomic E-state index is 12.3.